The number of likely N-dealkylation sites (N-methyl/N-ethyl adjacent to an activating group) is 1. The number of piperazine rings is 1. The number of nitrogens with zero attached hydrogens (tertiary/aromatic N) is 2. The van der Waals surface area contributed by atoms with E-state index in [2.05, 4.69) is 4.90 Å². The number of carbonyl (C=O) groups is 2. The van der Waals surface area contributed by atoms with Crippen molar-refractivity contribution in [2.24, 2.45) is 0 Å². The van der Waals surface area contributed by atoms with Gasteiger partial charge in [-0.3, -0.25) is 4.79 Å². The van der Waals surface area contributed by atoms with Gasteiger partial charge in [0.1, 0.15) is 0 Å². The molecule has 0 unspecified atom stereocenters. The fourth-order valence-corrected chi connectivity index (χ4v) is 3.72. The number of allylic oxidation sites excluding steroid dienone is 1. The standard InChI is InChI=1S/C23H32N2O6/c1-24-9-11-25(12-10-24)22(27)20-15-19(16-21(31-20)30-14-4-3-13-26)17-5-7-18(8-6-17)23(28)29-2/h5-8,15,19,21,26H,3-4,9-14,16H2,1-2H3/t19-,21+/m1/s1. The van der Waals surface area contributed by atoms with Crippen molar-refractivity contribution in [3.05, 3.63) is 47.2 Å². The SMILES string of the molecule is COC(=O)c1ccc([C@@H]2C=C(C(=O)N3CCN(C)CC3)O[C@H](OCCCCO)C2)cc1. The number of unbranched alkanes of at least 4 members (excludes halogenated alkanes) is 1. The summed E-state index contributed by atoms with van der Waals surface area (Å²) in [6.07, 6.45) is 3.27. The first kappa shape index (κ1) is 23.2. The molecule has 31 heavy (non-hydrogen) atoms. The Morgan fingerprint density at radius 3 is 2.48 bits per heavy atom. The van der Waals surface area contributed by atoms with Crippen molar-refractivity contribution >= 4 is 11.9 Å². The lowest BCUT2D eigenvalue weighted by molar-refractivity contribution is -0.153. The maximum atomic E-state index is 13.1. The summed E-state index contributed by atoms with van der Waals surface area (Å²) >= 11 is 0. The zero-order chi connectivity index (χ0) is 22.2. The van der Waals surface area contributed by atoms with Crippen LogP contribution in [0.4, 0.5) is 0 Å². The molecule has 2 aliphatic heterocycles. The fraction of sp³-hybridized carbons (Fsp3) is 0.565. The van der Waals surface area contributed by atoms with E-state index >= 15 is 0 Å². The van der Waals surface area contributed by atoms with E-state index in [4.69, 9.17) is 19.3 Å². The highest BCUT2D eigenvalue weighted by Gasteiger charge is 2.32. The van der Waals surface area contributed by atoms with Crippen LogP contribution in [0.2, 0.25) is 0 Å². The predicted molar refractivity (Wildman–Crippen MR) is 114 cm³/mol. The molecule has 0 bridgehead atoms. The van der Waals surface area contributed by atoms with Gasteiger partial charge in [0.25, 0.3) is 5.91 Å². The summed E-state index contributed by atoms with van der Waals surface area (Å²) in [5.41, 5.74) is 1.46. The third-order valence-electron chi connectivity index (χ3n) is 5.67. The number of aliphatic hydroxyl groups excluding tert-OH is 1. The minimum atomic E-state index is -0.541. The van der Waals surface area contributed by atoms with Gasteiger partial charge in [-0.15, -0.1) is 0 Å². The molecule has 0 saturated carbocycles. The zero-order valence-electron chi connectivity index (χ0n) is 18.3. The van der Waals surface area contributed by atoms with Crippen LogP contribution in [0.3, 0.4) is 0 Å². The van der Waals surface area contributed by atoms with Crippen LogP contribution in [0.15, 0.2) is 36.1 Å². The quantitative estimate of drug-likeness (QED) is 0.495. The molecular weight excluding hydrogens is 400 g/mol. The van der Waals surface area contributed by atoms with E-state index in [1.165, 1.54) is 7.11 Å². The number of benzene rings is 1. The second-order valence-corrected chi connectivity index (χ2v) is 7.93. The first-order chi connectivity index (χ1) is 15.0. The van der Waals surface area contributed by atoms with Crippen LogP contribution in [-0.2, 0) is 19.0 Å². The number of methoxy groups -OCH3 is 1. The van der Waals surface area contributed by atoms with Gasteiger partial charge >= 0.3 is 5.97 Å². The van der Waals surface area contributed by atoms with Crippen LogP contribution in [-0.4, -0.2) is 86.6 Å². The molecule has 2 atom stereocenters. The summed E-state index contributed by atoms with van der Waals surface area (Å²) in [5, 5.41) is 8.97. The number of carbonyl (C=O) groups excluding carboxylic acids is 2. The van der Waals surface area contributed by atoms with Gasteiger partial charge < -0.3 is 29.1 Å². The predicted octanol–water partition coefficient (Wildman–Crippen LogP) is 1.75. The summed E-state index contributed by atoms with van der Waals surface area (Å²) in [5.74, 6) is -0.266. The average molecular weight is 433 g/mol. The Morgan fingerprint density at radius 1 is 1.13 bits per heavy atom. The van der Waals surface area contributed by atoms with Crippen LogP contribution in [0.1, 0.15) is 41.1 Å². The summed E-state index contributed by atoms with van der Waals surface area (Å²) < 4.78 is 16.6. The molecule has 0 spiro atoms. The maximum Gasteiger partial charge on any atom is 0.337 e. The third-order valence-corrected chi connectivity index (χ3v) is 5.67. The number of esters is 1. The fourth-order valence-electron chi connectivity index (χ4n) is 3.72. The highest BCUT2D eigenvalue weighted by atomic mass is 16.7. The lowest BCUT2D eigenvalue weighted by Gasteiger charge is -2.35. The van der Waals surface area contributed by atoms with Crippen LogP contribution in [0, 0.1) is 0 Å². The molecule has 1 saturated heterocycles. The van der Waals surface area contributed by atoms with Gasteiger partial charge in [-0.05, 0) is 43.7 Å². The molecule has 170 valence electrons. The molecule has 0 aliphatic carbocycles. The van der Waals surface area contributed by atoms with E-state index in [-0.39, 0.29) is 24.4 Å². The number of hydrogen-bond donors (Lipinski definition) is 1. The second-order valence-electron chi connectivity index (χ2n) is 7.93. The molecule has 2 aliphatic rings. The van der Waals surface area contributed by atoms with E-state index in [1.807, 2.05) is 30.2 Å². The Hall–Kier alpha value is -2.42. The largest absolute Gasteiger partial charge is 0.465 e. The van der Waals surface area contributed by atoms with E-state index in [9.17, 15) is 9.59 Å². The summed E-state index contributed by atoms with van der Waals surface area (Å²) in [6, 6.07) is 7.20. The summed E-state index contributed by atoms with van der Waals surface area (Å²) in [4.78, 5) is 28.8. The first-order valence-electron chi connectivity index (χ1n) is 10.8. The van der Waals surface area contributed by atoms with Crippen molar-refractivity contribution < 1.29 is 28.9 Å². The number of ether oxygens (including phenoxy) is 3. The zero-order valence-corrected chi connectivity index (χ0v) is 18.3. The molecule has 0 radical (unpaired) electrons. The third kappa shape index (κ3) is 6.29. The number of rotatable bonds is 8. The molecule has 1 aromatic carbocycles. The summed E-state index contributed by atoms with van der Waals surface area (Å²) in [7, 11) is 3.40. The Kier molecular flexibility index (Phi) is 8.45. The van der Waals surface area contributed by atoms with Crippen LogP contribution >= 0.6 is 0 Å². The molecule has 3 rings (SSSR count). The molecule has 1 N–H and O–H groups in total. The topological polar surface area (TPSA) is 88.5 Å². The van der Waals surface area contributed by atoms with E-state index in [0.29, 0.717) is 43.9 Å². The van der Waals surface area contributed by atoms with Gasteiger partial charge in [0.05, 0.1) is 19.3 Å². The van der Waals surface area contributed by atoms with Gasteiger partial charge in [-0.2, -0.15) is 0 Å². The molecule has 8 nitrogen and oxygen atoms in total. The molecule has 1 amide bonds. The van der Waals surface area contributed by atoms with Gasteiger partial charge in [-0.25, -0.2) is 4.79 Å². The Bertz CT molecular complexity index is 771. The molecule has 2 heterocycles. The summed E-state index contributed by atoms with van der Waals surface area (Å²) in [6.45, 7) is 3.57. The van der Waals surface area contributed by atoms with Gasteiger partial charge in [-0.1, -0.05) is 12.1 Å². The monoisotopic (exact) mass is 432 g/mol. The van der Waals surface area contributed by atoms with E-state index in [1.54, 1.807) is 12.1 Å². The molecule has 1 fully saturated rings. The Morgan fingerprint density at radius 2 is 1.84 bits per heavy atom. The van der Waals surface area contributed by atoms with Crippen LogP contribution in [0.5, 0.6) is 0 Å². The van der Waals surface area contributed by atoms with E-state index in [0.717, 1.165) is 25.1 Å². The lowest BCUT2D eigenvalue weighted by atomic mass is 9.92. The number of aliphatic hydroxyl groups is 1. The molecule has 0 aromatic heterocycles. The molecular formula is C23H32N2O6. The van der Waals surface area contributed by atoms with Crippen LogP contribution < -0.4 is 0 Å². The highest BCUT2D eigenvalue weighted by Crippen LogP contribution is 2.32. The Labute approximate surface area is 183 Å². The first-order valence-corrected chi connectivity index (χ1v) is 10.8. The van der Waals surface area contributed by atoms with E-state index < -0.39 is 6.29 Å². The number of amides is 1. The van der Waals surface area contributed by atoms with Crippen molar-refractivity contribution in [3.63, 3.8) is 0 Å². The van der Waals surface area contributed by atoms with Crippen molar-refractivity contribution in [1.29, 1.82) is 0 Å². The normalized spacial score (nSPS) is 21.9. The van der Waals surface area contributed by atoms with Crippen molar-refractivity contribution in [3.8, 4) is 0 Å². The second kappa shape index (κ2) is 11.3. The molecule has 8 heteroatoms. The minimum Gasteiger partial charge on any atom is -0.465 e. The lowest BCUT2D eigenvalue weighted by Crippen LogP contribution is -2.48. The van der Waals surface area contributed by atoms with Crippen molar-refractivity contribution in [1.82, 2.24) is 9.80 Å². The smallest absolute Gasteiger partial charge is 0.337 e. The molecule has 1 aromatic rings. The highest BCUT2D eigenvalue weighted by molar-refractivity contribution is 5.92. The van der Waals surface area contributed by atoms with Crippen LogP contribution in [0.25, 0.3) is 0 Å². The van der Waals surface area contributed by atoms with Gasteiger partial charge in [0.2, 0.25) is 6.29 Å². The minimum absolute atomic E-state index is 0.0743. The van der Waals surface area contributed by atoms with Crippen molar-refractivity contribution in [2.45, 2.75) is 31.5 Å². The number of hydrogen-bond acceptors (Lipinski definition) is 7. The van der Waals surface area contributed by atoms with Gasteiger partial charge in [0.15, 0.2) is 5.76 Å². The maximum absolute atomic E-state index is 13.1. The van der Waals surface area contributed by atoms with Crippen molar-refractivity contribution in [2.75, 3.05) is 53.6 Å². The average Bonchev–Trinajstić information content (AvgIpc) is 2.81. The Balaban J connectivity index is 1.76. The van der Waals surface area contributed by atoms with Gasteiger partial charge in [0, 0.05) is 45.1 Å².